The molecule has 1 aromatic rings. The van der Waals surface area contributed by atoms with E-state index < -0.39 is 5.97 Å². The van der Waals surface area contributed by atoms with Crippen molar-refractivity contribution in [3.05, 3.63) is 16.1 Å². The van der Waals surface area contributed by atoms with Crippen LogP contribution in [-0.2, 0) is 11.2 Å². The number of carboxylic acids is 1. The Morgan fingerprint density at radius 1 is 1.39 bits per heavy atom. The number of rotatable bonds is 6. The Labute approximate surface area is 113 Å². The molecule has 0 spiro atoms. The fourth-order valence-electron chi connectivity index (χ4n) is 1.67. The molecule has 0 saturated heterocycles. The average Bonchev–Trinajstić information content (AvgIpc) is 2.33. The van der Waals surface area contributed by atoms with E-state index in [-0.39, 0.29) is 12.2 Å². The van der Waals surface area contributed by atoms with Gasteiger partial charge < -0.3 is 19.7 Å². The lowest BCUT2D eigenvalue weighted by molar-refractivity contribution is -0.137. The zero-order chi connectivity index (χ0) is 13.7. The van der Waals surface area contributed by atoms with Gasteiger partial charge in [0.1, 0.15) is 5.75 Å². The van der Waals surface area contributed by atoms with Gasteiger partial charge in [0.15, 0.2) is 11.5 Å². The molecular formula is C12H15BrO5. The quantitative estimate of drug-likeness (QED) is 0.843. The Kier molecular flexibility index (Phi) is 5.27. The van der Waals surface area contributed by atoms with E-state index in [2.05, 4.69) is 15.9 Å². The smallest absolute Gasteiger partial charge is 0.303 e. The molecule has 100 valence electrons. The minimum atomic E-state index is -0.865. The van der Waals surface area contributed by atoms with Gasteiger partial charge >= 0.3 is 5.97 Å². The highest BCUT2D eigenvalue weighted by Crippen LogP contribution is 2.42. The monoisotopic (exact) mass is 318 g/mol. The first-order valence-electron chi connectivity index (χ1n) is 5.35. The molecule has 0 bridgehead atoms. The number of methoxy groups -OCH3 is 2. The van der Waals surface area contributed by atoms with E-state index >= 15 is 0 Å². The van der Waals surface area contributed by atoms with E-state index in [4.69, 9.17) is 14.6 Å². The van der Waals surface area contributed by atoms with Crippen molar-refractivity contribution in [1.29, 1.82) is 0 Å². The van der Waals surface area contributed by atoms with E-state index in [0.717, 1.165) is 0 Å². The molecule has 0 aliphatic heterocycles. The molecule has 18 heavy (non-hydrogen) atoms. The number of phenols is 1. The number of aliphatic carboxylic acids is 1. The summed E-state index contributed by atoms with van der Waals surface area (Å²) in [4.78, 5) is 10.5. The second kappa shape index (κ2) is 6.49. The van der Waals surface area contributed by atoms with Crippen molar-refractivity contribution in [3.8, 4) is 17.2 Å². The number of phenolic OH excluding ortho intramolecular Hbond substituents is 1. The molecule has 0 aromatic heterocycles. The summed E-state index contributed by atoms with van der Waals surface area (Å²) in [7, 11) is 2.98. The number of benzene rings is 1. The SMILES string of the molecule is COc1cc(Br)c(O)c(CCCC(=O)O)c1OC. The predicted octanol–water partition coefficient (Wildman–Crippen LogP) is 2.58. The first kappa shape index (κ1) is 14.6. The van der Waals surface area contributed by atoms with Crippen LogP contribution in [0.3, 0.4) is 0 Å². The zero-order valence-corrected chi connectivity index (χ0v) is 11.8. The van der Waals surface area contributed by atoms with Gasteiger partial charge in [-0.05, 0) is 28.8 Å². The van der Waals surface area contributed by atoms with Gasteiger partial charge in [0.2, 0.25) is 0 Å². The summed E-state index contributed by atoms with van der Waals surface area (Å²) in [6.45, 7) is 0. The van der Waals surface area contributed by atoms with E-state index in [1.165, 1.54) is 14.2 Å². The van der Waals surface area contributed by atoms with Gasteiger partial charge in [-0.25, -0.2) is 0 Å². The second-order valence-electron chi connectivity index (χ2n) is 3.67. The molecule has 1 rings (SSSR count). The third-order valence-corrected chi connectivity index (χ3v) is 3.11. The zero-order valence-electron chi connectivity index (χ0n) is 10.2. The number of carboxylic acid groups (broad SMARTS) is 1. The molecular weight excluding hydrogens is 304 g/mol. The maximum atomic E-state index is 10.5. The van der Waals surface area contributed by atoms with Crippen LogP contribution in [0.2, 0.25) is 0 Å². The Balaban J connectivity index is 3.06. The van der Waals surface area contributed by atoms with Crippen molar-refractivity contribution >= 4 is 21.9 Å². The maximum absolute atomic E-state index is 10.5. The van der Waals surface area contributed by atoms with Gasteiger partial charge in [-0.2, -0.15) is 0 Å². The van der Waals surface area contributed by atoms with Crippen LogP contribution >= 0.6 is 15.9 Å². The molecule has 2 N–H and O–H groups in total. The Bertz CT molecular complexity index is 445. The minimum Gasteiger partial charge on any atom is -0.506 e. The number of ether oxygens (including phenoxy) is 2. The number of aromatic hydroxyl groups is 1. The summed E-state index contributed by atoms with van der Waals surface area (Å²) in [5.74, 6) is 0.115. The molecule has 0 fully saturated rings. The highest BCUT2D eigenvalue weighted by molar-refractivity contribution is 9.10. The van der Waals surface area contributed by atoms with Gasteiger partial charge in [-0.1, -0.05) is 0 Å². The Morgan fingerprint density at radius 2 is 2.06 bits per heavy atom. The molecule has 0 amide bonds. The normalized spacial score (nSPS) is 10.2. The number of halogens is 1. The van der Waals surface area contributed by atoms with Crippen molar-refractivity contribution in [3.63, 3.8) is 0 Å². The predicted molar refractivity (Wildman–Crippen MR) is 69.5 cm³/mol. The van der Waals surface area contributed by atoms with Crippen LogP contribution in [0, 0.1) is 0 Å². The van der Waals surface area contributed by atoms with Gasteiger partial charge in [0.05, 0.1) is 18.7 Å². The minimum absolute atomic E-state index is 0.0391. The summed E-state index contributed by atoms with van der Waals surface area (Å²) < 4.78 is 10.9. The molecule has 0 aliphatic carbocycles. The van der Waals surface area contributed by atoms with Crippen LogP contribution in [0.4, 0.5) is 0 Å². The van der Waals surface area contributed by atoms with Crippen molar-refractivity contribution in [1.82, 2.24) is 0 Å². The number of hydrogen-bond donors (Lipinski definition) is 2. The summed E-state index contributed by atoms with van der Waals surface area (Å²) in [5.41, 5.74) is 0.546. The largest absolute Gasteiger partial charge is 0.506 e. The second-order valence-corrected chi connectivity index (χ2v) is 4.52. The summed E-state index contributed by atoms with van der Waals surface area (Å²) in [6.07, 6.45) is 0.855. The molecule has 0 radical (unpaired) electrons. The molecule has 0 unspecified atom stereocenters. The summed E-state index contributed by atoms with van der Waals surface area (Å²) in [5, 5.41) is 18.6. The molecule has 6 heteroatoms. The van der Waals surface area contributed by atoms with Crippen LogP contribution in [0.25, 0.3) is 0 Å². The summed E-state index contributed by atoms with van der Waals surface area (Å²) in [6, 6.07) is 1.61. The lowest BCUT2D eigenvalue weighted by Gasteiger charge is -2.15. The molecule has 1 aromatic carbocycles. The van der Waals surface area contributed by atoms with Crippen LogP contribution in [0.5, 0.6) is 17.2 Å². The highest BCUT2D eigenvalue weighted by atomic mass is 79.9. The maximum Gasteiger partial charge on any atom is 0.303 e. The van der Waals surface area contributed by atoms with Gasteiger partial charge in [0.25, 0.3) is 0 Å². The number of hydrogen-bond acceptors (Lipinski definition) is 4. The van der Waals surface area contributed by atoms with E-state index in [1.807, 2.05) is 0 Å². The lowest BCUT2D eigenvalue weighted by atomic mass is 10.1. The topological polar surface area (TPSA) is 76.0 Å². The first-order chi connectivity index (χ1) is 8.51. The molecule has 0 atom stereocenters. The van der Waals surface area contributed by atoms with Gasteiger partial charge in [0, 0.05) is 18.1 Å². The molecule has 0 saturated carbocycles. The van der Waals surface area contributed by atoms with E-state index in [1.54, 1.807) is 6.07 Å². The fraction of sp³-hybridized carbons (Fsp3) is 0.417. The number of carbonyl (C=O) groups is 1. The lowest BCUT2D eigenvalue weighted by Crippen LogP contribution is -2.00. The molecule has 5 nitrogen and oxygen atoms in total. The van der Waals surface area contributed by atoms with E-state index in [0.29, 0.717) is 34.4 Å². The first-order valence-corrected chi connectivity index (χ1v) is 6.14. The van der Waals surface area contributed by atoms with Crippen molar-refractivity contribution in [2.24, 2.45) is 0 Å². The van der Waals surface area contributed by atoms with Crippen LogP contribution in [0.1, 0.15) is 18.4 Å². The molecule has 0 heterocycles. The fourth-order valence-corrected chi connectivity index (χ4v) is 2.12. The average molecular weight is 319 g/mol. The highest BCUT2D eigenvalue weighted by Gasteiger charge is 2.18. The standard InChI is InChI=1S/C12H15BrO5/c1-17-9-6-8(13)11(16)7(12(9)18-2)4-3-5-10(14)15/h6,16H,3-5H2,1-2H3,(H,14,15). The van der Waals surface area contributed by atoms with Crippen LogP contribution in [0.15, 0.2) is 10.5 Å². The van der Waals surface area contributed by atoms with Crippen molar-refractivity contribution in [2.75, 3.05) is 14.2 Å². The van der Waals surface area contributed by atoms with Gasteiger partial charge in [-0.3, -0.25) is 4.79 Å². The van der Waals surface area contributed by atoms with Crippen LogP contribution in [-0.4, -0.2) is 30.4 Å². The molecule has 0 aliphatic rings. The van der Waals surface area contributed by atoms with E-state index in [9.17, 15) is 9.90 Å². The summed E-state index contributed by atoms with van der Waals surface area (Å²) >= 11 is 3.22. The van der Waals surface area contributed by atoms with Crippen molar-refractivity contribution < 1.29 is 24.5 Å². The third kappa shape index (κ3) is 3.29. The Morgan fingerprint density at radius 3 is 2.56 bits per heavy atom. The van der Waals surface area contributed by atoms with Gasteiger partial charge in [-0.15, -0.1) is 0 Å². The Hall–Kier alpha value is -1.43. The van der Waals surface area contributed by atoms with Crippen molar-refractivity contribution in [2.45, 2.75) is 19.3 Å². The van der Waals surface area contributed by atoms with Crippen LogP contribution < -0.4 is 9.47 Å². The third-order valence-electron chi connectivity index (χ3n) is 2.51.